The molecule has 1 aromatic heterocycles. The van der Waals surface area contributed by atoms with Crippen molar-refractivity contribution in [3.05, 3.63) is 30.0 Å². The summed E-state index contributed by atoms with van der Waals surface area (Å²) in [5.41, 5.74) is 9.11. The first kappa shape index (κ1) is 12.5. The molecular formula is C14H19N3O. The van der Waals surface area contributed by atoms with E-state index >= 15 is 0 Å². The van der Waals surface area contributed by atoms with Crippen molar-refractivity contribution in [1.29, 1.82) is 0 Å². The predicted octanol–water partition coefficient (Wildman–Crippen LogP) is 2.80. The minimum absolute atomic E-state index is 0.313. The van der Waals surface area contributed by atoms with Crippen LogP contribution in [0.4, 0.5) is 5.82 Å². The molecule has 0 saturated carbocycles. The van der Waals surface area contributed by atoms with Crippen molar-refractivity contribution >= 4 is 5.82 Å². The van der Waals surface area contributed by atoms with E-state index in [1.54, 1.807) is 11.8 Å². The molecule has 2 aromatic rings. The number of para-hydroxylation sites is 1. The topological polar surface area (TPSA) is 53.1 Å². The number of nitrogen functional groups attached to an aromatic ring is 1. The fraction of sp³-hybridized carbons (Fsp3) is 0.357. The molecule has 0 unspecified atom stereocenters. The average molecular weight is 245 g/mol. The summed E-state index contributed by atoms with van der Waals surface area (Å²) in [5.74, 6) is 1.80. The van der Waals surface area contributed by atoms with Gasteiger partial charge >= 0.3 is 0 Å². The van der Waals surface area contributed by atoms with Crippen LogP contribution in [0.2, 0.25) is 0 Å². The Hall–Kier alpha value is -1.97. The van der Waals surface area contributed by atoms with Crippen LogP contribution in [-0.4, -0.2) is 16.9 Å². The van der Waals surface area contributed by atoms with Crippen LogP contribution in [0.15, 0.2) is 24.3 Å². The van der Waals surface area contributed by atoms with Crippen LogP contribution >= 0.6 is 0 Å². The highest BCUT2D eigenvalue weighted by Gasteiger charge is 2.20. The molecule has 0 fully saturated rings. The highest BCUT2D eigenvalue weighted by atomic mass is 16.5. The summed E-state index contributed by atoms with van der Waals surface area (Å²) < 4.78 is 7.13. The first-order valence-corrected chi connectivity index (χ1v) is 6.02. The van der Waals surface area contributed by atoms with Gasteiger partial charge in [0.2, 0.25) is 0 Å². The third kappa shape index (κ3) is 1.94. The number of hydrogen-bond donors (Lipinski definition) is 1. The number of benzene rings is 1. The van der Waals surface area contributed by atoms with Crippen molar-refractivity contribution in [2.45, 2.75) is 19.8 Å². The van der Waals surface area contributed by atoms with E-state index in [1.165, 1.54) is 0 Å². The Balaban J connectivity index is 2.70. The molecule has 1 heterocycles. The lowest BCUT2D eigenvalue weighted by atomic mass is 9.98. The Kier molecular flexibility index (Phi) is 3.28. The van der Waals surface area contributed by atoms with Crippen LogP contribution in [0.3, 0.4) is 0 Å². The van der Waals surface area contributed by atoms with Gasteiger partial charge in [0.05, 0.1) is 18.4 Å². The second kappa shape index (κ2) is 4.72. The molecule has 96 valence electrons. The van der Waals surface area contributed by atoms with Crippen molar-refractivity contribution in [1.82, 2.24) is 9.78 Å². The average Bonchev–Trinajstić information content (AvgIpc) is 2.66. The molecule has 18 heavy (non-hydrogen) atoms. The summed E-state index contributed by atoms with van der Waals surface area (Å²) in [7, 11) is 3.53. The molecule has 2 N–H and O–H groups in total. The smallest absolute Gasteiger partial charge is 0.129 e. The van der Waals surface area contributed by atoms with Crippen molar-refractivity contribution in [2.75, 3.05) is 12.8 Å². The van der Waals surface area contributed by atoms with Gasteiger partial charge in [0, 0.05) is 12.6 Å². The Morgan fingerprint density at radius 3 is 2.56 bits per heavy atom. The lowest BCUT2D eigenvalue weighted by Crippen LogP contribution is -1.98. The van der Waals surface area contributed by atoms with E-state index in [-0.39, 0.29) is 0 Å². The van der Waals surface area contributed by atoms with Gasteiger partial charge in [-0.2, -0.15) is 5.10 Å². The molecule has 2 rings (SSSR count). The van der Waals surface area contributed by atoms with E-state index in [2.05, 4.69) is 18.9 Å². The largest absolute Gasteiger partial charge is 0.496 e. The van der Waals surface area contributed by atoms with Gasteiger partial charge in [-0.05, 0) is 12.0 Å². The molecule has 4 heteroatoms. The molecule has 0 radical (unpaired) electrons. The summed E-state index contributed by atoms with van der Waals surface area (Å²) in [4.78, 5) is 0. The number of nitrogens with two attached hydrogens (primary N) is 1. The molecule has 0 aliphatic rings. The maximum absolute atomic E-state index is 6.14. The molecule has 0 amide bonds. The van der Waals surface area contributed by atoms with E-state index in [0.29, 0.717) is 11.7 Å². The SMILES string of the molecule is COc1ccccc1-c1c(C(C)C)nn(C)c1N. The first-order chi connectivity index (χ1) is 8.56. The summed E-state index contributed by atoms with van der Waals surface area (Å²) in [5, 5.41) is 4.50. The zero-order chi connectivity index (χ0) is 13.3. The molecule has 0 bridgehead atoms. The zero-order valence-electron chi connectivity index (χ0n) is 11.3. The number of methoxy groups -OCH3 is 1. The van der Waals surface area contributed by atoms with Crippen molar-refractivity contribution < 1.29 is 4.74 Å². The lowest BCUT2D eigenvalue weighted by Gasteiger charge is -2.10. The number of hydrogen-bond acceptors (Lipinski definition) is 3. The Labute approximate surface area is 107 Å². The molecule has 0 saturated heterocycles. The van der Waals surface area contributed by atoms with Gasteiger partial charge in [0.25, 0.3) is 0 Å². The number of anilines is 1. The van der Waals surface area contributed by atoms with Crippen LogP contribution in [0, 0.1) is 0 Å². The van der Waals surface area contributed by atoms with Crippen molar-refractivity contribution in [3.63, 3.8) is 0 Å². The van der Waals surface area contributed by atoms with Crippen LogP contribution < -0.4 is 10.5 Å². The van der Waals surface area contributed by atoms with E-state index in [9.17, 15) is 0 Å². The van der Waals surface area contributed by atoms with Gasteiger partial charge in [-0.3, -0.25) is 4.68 Å². The van der Waals surface area contributed by atoms with Crippen LogP contribution in [0.1, 0.15) is 25.5 Å². The van der Waals surface area contributed by atoms with E-state index in [1.807, 2.05) is 31.3 Å². The van der Waals surface area contributed by atoms with Crippen LogP contribution in [-0.2, 0) is 7.05 Å². The fourth-order valence-corrected chi connectivity index (χ4v) is 2.09. The molecule has 0 spiro atoms. The Morgan fingerprint density at radius 2 is 1.94 bits per heavy atom. The van der Waals surface area contributed by atoms with Gasteiger partial charge in [-0.1, -0.05) is 32.0 Å². The first-order valence-electron chi connectivity index (χ1n) is 6.02. The number of ether oxygens (including phenoxy) is 1. The third-order valence-electron chi connectivity index (χ3n) is 3.04. The minimum atomic E-state index is 0.313. The molecule has 4 nitrogen and oxygen atoms in total. The molecule has 0 aliphatic carbocycles. The highest BCUT2D eigenvalue weighted by Crippen LogP contribution is 2.38. The predicted molar refractivity (Wildman–Crippen MR) is 73.7 cm³/mol. The number of aryl methyl sites for hydroxylation is 1. The maximum Gasteiger partial charge on any atom is 0.129 e. The third-order valence-corrected chi connectivity index (χ3v) is 3.04. The highest BCUT2D eigenvalue weighted by molar-refractivity contribution is 5.81. The van der Waals surface area contributed by atoms with E-state index in [4.69, 9.17) is 10.5 Å². The van der Waals surface area contributed by atoms with E-state index < -0.39 is 0 Å². The second-order valence-corrected chi connectivity index (χ2v) is 4.62. The van der Waals surface area contributed by atoms with E-state index in [0.717, 1.165) is 22.6 Å². The standard InChI is InChI=1S/C14H19N3O/c1-9(2)13-12(14(15)17(3)16-13)10-7-5-6-8-11(10)18-4/h5-9H,15H2,1-4H3. The molecule has 1 aromatic carbocycles. The van der Waals surface area contributed by atoms with Crippen LogP contribution in [0.5, 0.6) is 5.75 Å². The molecule has 0 aliphatic heterocycles. The molecular weight excluding hydrogens is 226 g/mol. The normalized spacial score (nSPS) is 10.9. The van der Waals surface area contributed by atoms with Gasteiger partial charge in [0.15, 0.2) is 0 Å². The Morgan fingerprint density at radius 1 is 1.28 bits per heavy atom. The maximum atomic E-state index is 6.14. The molecule has 0 atom stereocenters. The Bertz CT molecular complexity index is 558. The van der Waals surface area contributed by atoms with Crippen molar-refractivity contribution in [3.8, 4) is 16.9 Å². The minimum Gasteiger partial charge on any atom is -0.496 e. The zero-order valence-corrected chi connectivity index (χ0v) is 11.3. The quantitative estimate of drug-likeness (QED) is 0.904. The van der Waals surface area contributed by atoms with Crippen molar-refractivity contribution in [2.24, 2.45) is 7.05 Å². The number of nitrogens with zero attached hydrogens (tertiary/aromatic N) is 2. The summed E-state index contributed by atoms with van der Waals surface area (Å²) in [6.45, 7) is 4.22. The monoisotopic (exact) mass is 245 g/mol. The fourth-order valence-electron chi connectivity index (χ4n) is 2.09. The summed E-state index contributed by atoms with van der Waals surface area (Å²) in [6.07, 6.45) is 0. The lowest BCUT2D eigenvalue weighted by molar-refractivity contribution is 0.416. The summed E-state index contributed by atoms with van der Waals surface area (Å²) in [6, 6.07) is 7.88. The van der Waals surface area contributed by atoms with Gasteiger partial charge in [-0.25, -0.2) is 0 Å². The van der Waals surface area contributed by atoms with Gasteiger partial charge in [-0.15, -0.1) is 0 Å². The van der Waals surface area contributed by atoms with Gasteiger partial charge in [0.1, 0.15) is 11.6 Å². The van der Waals surface area contributed by atoms with Gasteiger partial charge < -0.3 is 10.5 Å². The van der Waals surface area contributed by atoms with Crippen LogP contribution in [0.25, 0.3) is 11.1 Å². The number of aromatic nitrogens is 2. The number of rotatable bonds is 3. The second-order valence-electron chi connectivity index (χ2n) is 4.62. The summed E-state index contributed by atoms with van der Waals surface area (Å²) >= 11 is 0.